The second-order valence-corrected chi connectivity index (χ2v) is 5.40. The van der Waals surface area contributed by atoms with Crippen molar-refractivity contribution < 1.29 is 4.39 Å². The number of halogens is 1. The molecular formula is C16H20FN3. The fraction of sp³-hybridized carbons (Fsp3) is 0.438. The summed E-state index contributed by atoms with van der Waals surface area (Å²) >= 11 is 0. The average molecular weight is 273 g/mol. The highest BCUT2D eigenvalue weighted by Gasteiger charge is 2.18. The molecule has 0 bridgehead atoms. The summed E-state index contributed by atoms with van der Waals surface area (Å²) in [6.45, 7) is 0.771. The van der Waals surface area contributed by atoms with Crippen LogP contribution in [0.15, 0.2) is 36.7 Å². The molecule has 0 saturated heterocycles. The van der Waals surface area contributed by atoms with E-state index in [2.05, 4.69) is 21.1 Å². The number of nitrogens with zero attached hydrogens (tertiary/aromatic N) is 2. The molecule has 1 aliphatic rings. The average Bonchev–Trinajstić information content (AvgIpc) is 3.09. The molecule has 106 valence electrons. The Morgan fingerprint density at radius 2 is 2.15 bits per heavy atom. The van der Waals surface area contributed by atoms with E-state index in [0.717, 1.165) is 24.5 Å². The Labute approximate surface area is 118 Å². The molecule has 0 radical (unpaired) electrons. The Hall–Kier alpha value is -1.84. The van der Waals surface area contributed by atoms with Crippen molar-refractivity contribution in [1.82, 2.24) is 9.55 Å². The highest BCUT2D eigenvalue weighted by molar-refractivity contribution is 5.28. The maximum atomic E-state index is 13.1. The van der Waals surface area contributed by atoms with E-state index in [-0.39, 0.29) is 5.82 Å². The van der Waals surface area contributed by atoms with Gasteiger partial charge in [0.05, 0.1) is 0 Å². The van der Waals surface area contributed by atoms with Gasteiger partial charge in [0.15, 0.2) is 0 Å². The minimum Gasteiger partial charge on any atom is -0.355 e. The molecule has 1 N–H and O–H groups in total. The third-order valence-electron chi connectivity index (χ3n) is 3.97. The summed E-state index contributed by atoms with van der Waals surface area (Å²) in [7, 11) is 0. The van der Waals surface area contributed by atoms with Gasteiger partial charge in [0, 0.05) is 25.0 Å². The number of hydrogen-bond acceptors (Lipinski definition) is 2. The van der Waals surface area contributed by atoms with Crippen molar-refractivity contribution in [3.8, 4) is 0 Å². The van der Waals surface area contributed by atoms with Crippen molar-refractivity contribution >= 4 is 5.95 Å². The largest absolute Gasteiger partial charge is 0.355 e. The molecule has 0 spiro atoms. The zero-order valence-electron chi connectivity index (χ0n) is 11.6. The summed E-state index contributed by atoms with van der Waals surface area (Å²) in [5.74, 6) is 0.767. The van der Waals surface area contributed by atoms with Gasteiger partial charge in [-0.05, 0) is 37.0 Å². The first-order chi connectivity index (χ1) is 9.83. The first kappa shape index (κ1) is 13.2. The van der Waals surface area contributed by atoms with Gasteiger partial charge in [0.2, 0.25) is 5.95 Å². The van der Waals surface area contributed by atoms with Crippen LogP contribution in [0, 0.1) is 5.82 Å². The van der Waals surface area contributed by atoms with E-state index in [9.17, 15) is 4.39 Å². The minimum atomic E-state index is -0.171. The summed E-state index contributed by atoms with van der Waals surface area (Å²) in [6, 6.07) is 7.36. The lowest BCUT2D eigenvalue weighted by Crippen LogP contribution is -2.13. The van der Waals surface area contributed by atoms with Gasteiger partial charge in [-0.3, -0.25) is 0 Å². The molecule has 3 nitrogen and oxygen atoms in total. The van der Waals surface area contributed by atoms with Gasteiger partial charge >= 0.3 is 0 Å². The van der Waals surface area contributed by atoms with Crippen LogP contribution in [0.5, 0.6) is 0 Å². The van der Waals surface area contributed by atoms with Crippen molar-refractivity contribution in [2.24, 2.45) is 0 Å². The normalized spacial score (nSPS) is 15.7. The van der Waals surface area contributed by atoms with Crippen molar-refractivity contribution in [2.75, 3.05) is 11.9 Å². The van der Waals surface area contributed by atoms with Crippen molar-refractivity contribution in [1.29, 1.82) is 0 Å². The van der Waals surface area contributed by atoms with E-state index >= 15 is 0 Å². The second-order valence-electron chi connectivity index (χ2n) is 5.40. The van der Waals surface area contributed by atoms with Gasteiger partial charge in [-0.1, -0.05) is 25.0 Å². The zero-order chi connectivity index (χ0) is 13.8. The Balaban J connectivity index is 1.57. The van der Waals surface area contributed by atoms with Crippen LogP contribution in [-0.4, -0.2) is 16.1 Å². The first-order valence-corrected chi connectivity index (χ1v) is 7.34. The van der Waals surface area contributed by atoms with E-state index in [1.165, 1.54) is 31.7 Å². The summed E-state index contributed by atoms with van der Waals surface area (Å²) in [4.78, 5) is 4.39. The fourth-order valence-electron chi connectivity index (χ4n) is 2.94. The topological polar surface area (TPSA) is 29.9 Å². The standard InChI is InChI=1S/C16H20FN3/c17-14-5-3-4-13(12-14)8-9-18-16-19-10-11-20(16)15-6-1-2-7-15/h3-5,10-12,15H,1-2,6-9H2,(H,18,19). The van der Waals surface area contributed by atoms with Crippen LogP contribution in [-0.2, 0) is 6.42 Å². The van der Waals surface area contributed by atoms with E-state index in [4.69, 9.17) is 0 Å². The van der Waals surface area contributed by atoms with Crippen LogP contribution in [0.1, 0.15) is 37.3 Å². The van der Waals surface area contributed by atoms with Crippen LogP contribution in [0.25, 0.3) is 0 Å². The highest BCUT2D eigenvalue weighted by atomic mass is 19.1. The molecule has 3 rings (SSSR count). The molecule has 0 amide bonds. The summed E-state index contributed by atoms with van der Waals surface area (Å²) in [5, 5.41) is 3.37. The number of nitrogens with one attached hydrogen (secondary N) is 1. The second kappa shape index (κ2) is 6.07. The summed E-state index contributed by atoms with van der Waals surface area (Å²) in [6.07, 6.45) is 9.82. The lowest BCUT2D eigenvalue weighted by atomic mass is 10.1. The maximum Gasteiger partial charge on any atom is 0.203 e. The van der Waals surface area contributed by atoms with E-state index in [1.54, 1.807) is 12.1 Å². The molecule has 4 heteroatoms. The Kier molecular flexibility index (Phi) is 4.00. The van der Waals surface area contributed by atoms with Crippen LogP contribution < -0.4 is 5.32 Å². The van der Waals surface area contributed by atoms with Gasteiger partial charge in [-0.2, -0.15) is 0 Å². The molecule has 20 heavy (non-hydrogen) atoms. The maximum absolute atomic E-state index is 13.1. The van der Waals surface area contributed by atoms with E-state index in [1.807, 2.05) is 12.3 Å². The molecule has 2 aromatic rings. The molecule has 1 saturated carbocycles. The van der Waals surface area contributed by atoms with Gasteiger partial charge in [0.1, 0.15) is 5.82 Å². The lowest BCUT2D eigenvalue weighted by Gasteiger charge is -2.15. The molecule has 1 aliphatic carbocycles. The van der Waals surface area contributed by atoms with Crippen molar-refractivity contribution in [2.45, 2.75) is 38.1 Å². The molecule has 0 atom stereocenters. The number of anilines is 1. The molecule has 0 aliphatic heterocycles. The van der Waals surface area contributed by atoms with Crippen LogP contribution >= 0.6 is 0 Å². The predicted molar refractivity (Wildman–Crippen MR) is 78.3 cm³/mol. The first-order valence-electron chi connectivity index (χ1n) is 7.34. The Morgan fingerprint density at radius 3 is 2.95 bits per heavy atom. The fourth-order valence-corrected chi connectivity index (χ4v) is 2.94. The number of hydrogen-bond donors (Lipinski definition) is 1. The quantitative estimate of drug-likeness (QED) is 0.898. The monoisotopic (exact) mass is 273 g/mol. The highest BCUT2D eigenvalue weighted by Crippen LogP contribution is 2.31. The minimum absolute atomic E-state index is 0.171. The molecular weight excluding hydrogens is 253 g/mol. The molecule has 1 aromatic carbocycles. The van der Waals surface area contributed by atoms with Gasteiger partial charge in [0.25, 0.3) is 0 Å². The van der Waals surface area contributed by atoms with E-state index in [0.29, 0.717) is 6.04 Å². The number of aromatic nitrogens is 2. The van der Waals surface area contributed by atoms with Crippen molar-refractivity contribution in [3.63, 3.8) is 0 Å². The van der Waals surface area contributed by atoms with Gasteiger partial charge in [-0.25, -0.2) is 9.37 Å². The summed E-state index contributed by atoms with van der Waals surface area (Å²) in [5.41, 5.74) is 1.01. The predicted octanol–water partition coefficient (Wildman–Crippen LogP) is 3.79. The third kappa shape index (κ3) is 3.00. The van der Waals surface area contributed by atoms with Crippen molar-refractivity contribution in [3.05, 3.63) is 48.0 Å². The Morgan fingerprint density at radius 1 is 1.30 bits per heavy atom. The number of rotatable bonds is 5. The van der Waals surface area contributed by atoms with Crippen LogP contribution in [0.4, 0.5) is 10.3 Å². The third-order valence-corrected chi connectivity index (χ3v) is 3.97. The smallest absolute Gasteiger partial charge is 0.203 e. The van der Waals surface area contributed by atoms with Crippen LogP contribution in [0.2, 0.25) is 0 Å². The van der Waals surface area contributed by atoms with Gasteiger partial charge < -0.3 is 9.88 Å². The number of benzene rings is 1. The summed E-state index contributed by atoms with van der Waals surface area (Å²) < 4.78 is 15.3. The van der Waals surface area contributed by atoms with E-state index < -0.39 is 0 Å². The van der Waals surface area contributed by atoms with Crippen LogP contribution in [0.3, 0.4) is 0 Å². The molecule has 1 aromatic heterocycles. The van der Waals surface area contributed by atoms with Gasteiger partial charge in [-0.15, -0.1) is 0 Å². The molecule has 0 unspecified atom stereocenters. The lowest BCUT2D eigenvalue weighted by molar-refractivity contribution is 0.523. The molecule has 1 heterocycles. The Bertz CT molecular complexity index is 558. The molecule has 1 fully saturated rings. The SMILES string of the molecule is Fc1cccc(CCNc2nccn2C2CCCC2)c1. The number of imidazole rings is 1. The zero-order valence-corrected chi connectivity index (χ0v) is 11.6.